The minimum absolute atomic E-state index is 0.0600. The third-order valence-electron chi connectivity index (χ3n) is 2.73. The third kappa shape index (κ3) is 4.56. The smallest absolute Gasteiger partial charge is 0.310 e. The molecule has 0 saturated carbocycles. The minimum Gasteiger partial charge on any atom is -0.481 e. The van der Waals surface area contributed by atoms with Gasteiger partial charge in [0, 0.05) is 26.2 Å². The number of aliphatic carboxylic acids is 1. The molecule has 3 atom stereocenters. The van der Waals surface area contributed by atoms with Gasteiger partial charge in [0.25, 0.3) is 0 Å². The molecule has 1 aliphatic rings. The second-order valence-electron chi connectivity index (χ2n) is 4.50. The van der Waals surface area contributed by atoms with E-state index in [9.17, 15) is 9.59 Å². The van der Waals surface area contributed by atoms with Crippen molar-refractivity contribution >= 4 is 11.9 Å². The SMILES string of the molecule is COCC(C)CC(=O)NC1C=CC(C(=O)O)C1. The van der Waals surface area contributed by atoms with Crippen LogP contribution in [0.25, 0.3) is 0 Å². The molecule has 0 aromatic rings. The summed E-state index contributed by atoms with van der Waals surface area (Å²) in [6.45, 7) is 2.49. The van der Waals surface area contributed by atoms with E-state index in [-0.39, 0.29) is 17.9 Å². The Morgan fingerprint density at radius 1 is 1.53 bits per heavy atom. The summed E-state index contributed by atoms with van der Waals surface area (Å²) in [7, 11) is 1.60. The zero-order chi connectivity index (χ0) is 12.8. The van der Waals surface area contributed by atoms with Crippen molar-refractivity contribution in [2.24, 2.45) is 11.8 Å². The Labute approximate surface area is 101 Å². The number of ether oxygens (including phenoxy) is 1. The van der Waals surface area contributed by atoms with E-state index in [1.165, 1.54) is 0 Å². The van der Waals surface area contributed by atoms with Crippen molar-refractivity contribution in [3.63, 3.8) is 0 Å². The van der Waals surface area contributed by atoms with Crippen LogP contribution in [-0.2, 0) is 14.3 Å². The molecule has 17 heavy (non-hydrogen) atoms. The number of hydrogen-bond acceptors (Lipinski definition) is 3. The monoisotopic (exact) mass is 241 g/mol. The number of nitrogens with one attached hydrogen (secondary N) is 1. The van der Waals surface area contributed by atoms with E-state index in [1.807, 2.05) is 6.92 Å². The van der Waals surface area contributed by atoms with Gasteiger partial charge in [-0.05, 0) is 12.3 Å². The highest BCUT2D eigenvalue weighted by atomic mass is 16.5. The lowest BCUT2D eigenvalue weighted by Gasteiger charge is -2.14. The number of rotatable bonds is 6. The summed E-state index contributed by atoms with van der Waals surface area (Å²) in [5.41, 5.74) is 0. The van der Waals surface area contributed by atoms with Crippen LogP contribution in [0.5, 0.6) is 0 Å². The molecule has 96 valence electrons. The molecule has 0 heterocycles. The van der Waals surface area contributed by atoms with Crippen molar-refractivity contribution in [2.75, 3.05) is 13.7 Å². The Bertz CT molecular complexity index is 314. The van der Waals surface area contributed by atoms with Gasteiger partial charge < -0.3 is 15.2 Å². The topological polar surface area (TPSA) is 75.6 Å². The molecule has 5 heteroatoms. The van der Waals surface area contributed by atoms with Gasteiger partial charge in [-0.25, -0.2) is 0 Å². The first-order valence-corrected chi connectivity index (χ1v) is 5.72. The quantitative estimate of drug-likeness (QED) is 0.675. The highest BCUT2D eigenvalue weighted by molar-refractivity contribution is 5.77. The molecule has 2 N–H and O–H groups in total. The molecular formula is C12H19NO4. The van der Waals surface area contributed by atoms with E-state index in [0.29, 0.717) is 19.4 Å². The first kappa shape index (κ1) is 13.7. The Morgan fingerprint density at radius 2 is 2.24 bits per heavy atom. The molecule has 3 unspecified atom stereocenters. The highest BCUT2D eigenvalue weighted by Crippen LogP contribution is 2.18. The Kier molecular flexibility index (Phi) is 5.15. The molecule has 0 fully saturated rings. The molecule has 1 amide bonds. The van der Waals surface area contributed by atoms with Crippen LogP contribution in [0.1, 0.15) is 19.8 Å². The number of carboxylic acid groups (broad SMARTS) is 1. The molecule has 0 spiro atoms. The van der Waals surface area contributed by atoms with Crippen LogP contribution in [0.4, 0.5) is 0 Å². The Balaban J connectivity index is 2.29. The van der Waals surface area contributed by atoms with Gasteiger partial charge >= 0.3 is 5.97 Å². The van der Waals surface area contributed by atoms with E-state index in [4.69, 9.17) is 9.84 Å². The van der Waals surface area contributed by atoms with Crippen LogP contribution in [0.15, 0.2) is 12.2 Å². The summed E-state index contributed by atoms with van der Waals surface area (Å²) in [5.74, 6) is -1.21. The van der Waals surface area contributed by atoms with Gasteiger partial charge in [-0.2, -0.15) is 0 Å². The summed E-state index contributed by atoms with van der Waals surface area (Å²) in [4.78, 5) is 22.3. The second-order valence-corrected chi connectivity index (χ2v) is 4.50. The fourth-order valence-electron chi connectivity index (χ4n) is 1.91. The van der Waals surface area contributed by atoms with Gasteiger partial charge in [0.2, 0.25) is 5.91 Å². The maximum atomic E-state index is 11.6. The fourth-order valence-corrected chi connectivity index (χ4v) is 1.91. The van der Waals surface area contributed by atoms with Gasteiger partial charge in [0.05, 0.1) is 5.92 Å². The molecule has 0 bridgehead atoms. The zero-order valence-corrected chi connectivity index (χ0v) is 10.2. The van der Waals surface area contributed by atoms with E-state index in [1.54, 1.807) is 19.3 Å². The number of hydrogen-bond donors (Lipinski definition) is 2. The number of amides is 1. The van der Waals surface area contributed by atoms with Gasteiger partial charge in [0.15, 0.2) is 0 Å². The first-order valence-electron chi connectivity index (χ1n) is 5.72. The lowest BCUT2D eigenvalue weighted by atomic mass is 10.1. The van der Waals surface area contributed by atoms with Crippen LogP contribution in [0.2, 0.25) is 0 Å². The summed E-state index contributed by atoms with van der Waals surface area (Å²) < 4.78 is 4.95. The lowest BCUT2D eigenvalue weighted by molar-refractivity contribution is -0.140. The molecule has 1 rings (SSSR count). The van der Waals surface area contributed by atoms with Crippen molar-refractivity contribution in [1.29, 1.82) is 0 Å². The average molecular weight is 241 g/mol. The summed E-state index contributed by atoms with van der Waals surface area (Å²) in [5, 5.41) is 11.6. The van der Waals surface area contributed by atoms with Crippen LogP contribution < -0.4 is 5.32 Å². The van der Waals surface area contributed by atoms with E-state index in [2.05, 4.69) is 5.32 Å². The fraction of sp³-hybridized carbons (Fsp3) is 0.667. The van der Waals surface area contributed by atoms with Crippen LogP contribution in [-0.4, -0.2) is 36.7 Å². The van der Waals surface area contributed by atoms with E-state index < -0.39 is 11.9 Å². The summed E-state index contributed by atoms with van der Waals surface area (Å²) in [6, 6.07) is -0.154. The zero-order valence-electron chi connectivity index (χ0n) is 10.2. The highest BCUT2D eigenvalue weighted by Gasteiger charge is 2.25. The number of methoxy groups -OCH3 is 1. The lowest BCUT2D eigenvalue weighted by Crippen LogP contribution is -2.34. The van der Waals surface area contributed by atoms with Gasteiger partial charge in [-0.15, -0.1) is 0 Å². The average Bonchev–Trinajstić information content (AvgIpc) is 2.66. The van der Waals surface area contributed by atoms with Crippen molar-refractivity contribution in [3.8, 4) is 0 Å². The van der Waals surface area contributed by atoms with Gasteiger partial charge in [-0.3, -0.25) is 9.59 Å². The summed E-state index contributed by atoms with van der Waals surface area (Å²) in [6.07, 6.45) is 4.22. The van der Waals surface area contributed by atoms with Crippen molar-refractivity contribution in [3.05, 3.63) is 12.2 Å². The second kappa shape index (κ2) is 6.39. The van der Waals surface area contributed by atoms with Gasteiger partial charge in [-0.1, -0.05) is 19.1 Å². The van der Waals surface area contributed by atoms with E-state index >= 15 is 0 Å². The largest absolute Gasteiger partial charge is 0.481 e. The standard InChI is InChI=1S/C12H19NO4/c1-8(7-17-2)5-11(14)13-10-4-3-9(6-10)12(15)16/h3-4,8-10H,5-7H2,1-2H3,(H,13,14)(H,15,16). The molecule has 5 nitrogen and oxygen atoms in total. The molecule has 0 saturated heterocycles. The van der Waals surface area contributed by atoms with Crippen LogP contribution in [0.3, 0.4) is 0 Å². The molecule has 0 radical (unpaired) electrons. The Hall–Kier alpha value is -1.36. The molecule has 0 aromatic carbocycles. The minimum atomic E-state index is -0.842. The van der Waals surface area contributed by atoms with Crippen molar-refractivity contribution in [1.82, 2.24) is 5.32 Å². The predicted octanol–water partition coefficient (Wildman–Crippen LogP) is 0.804. The van der Waals surface area contributed by atoms with E-state index in [0.717, 1.165) is 0 Å². The molecule has 0 aliphatic heterocycles. The normalized spacial score (nSPS) is 24.6. The third-order valence-corrected chi connectivity index (χ3v) is 2.73. The predicted molar refractivity (Wildman–Crippen MR) is 62.5 cm³/mol. The summed E-state index contributed by atoms with van der Waals surface area (Å²) >= 11 is 0. The first-order chi connectivity index (χ1) is 8.02. The number of carboxylic acids is 1. The molecular weight excluding hydrogens is 222 g/mol. The van der Waals surface area contributed by atoms with Crippen molar-refractivity contribution in [2.45, 2.75) is 25.8 Å². The van der Waals surface area contributed by atoms with Crippen LogP contribution in [0, 0.1) is 11.8 Å². The van der Waals surface area contributed by atoms with Crippen LogP contribution >= 0.6 is 0 Å². The maximum Gasteiger partial charge on any atom is 0.310 e. The molecule has 0 aromatic heterocycles. The van der Waals surface area contributed by atoms with Gasteiger partial charge in [0.1, 0.15) is 0 Å². The Morgan fingerprint density at radius 3 is 2.76 bits per heavy atom. The molecule has 1 aliphatic carbocycles. The number of carbonyl (C=O) groups excluding carboxylic acids is 1. The number of carbonyl (C=O) groups is 2. The maximum absolute atomic E-state index is 11.6. The van der Waals surface area contributed by atoms with Crippen molar-refractivity contribution < 1.29 is 19.4 Å².